The molecule has 0 amide bonds. The minimum Gasteiger partial charge on any atom is -0.236 e. The molecule has 3 rings (SSSR count). The molecule has 7 heteroatoms. The Morgan fingerprint density at radius 2 is 2.00 bits per heavy atom. The zero-order valence-corrected chi connectivity index (χ0v) is 14.9. The molecule has 1 aromatic carbocycles. The summed E-state index contributed by atoms with van der Waals surface area (Å²) in [7, 11) is 0. The minimum absolute atomic E-state index is 0.931. The van der Waals surface area contributed by atoms with Gasteiger partial charge in [-0.05, 0) is 37.2 Å². The van der Waals surface area contributed by atoms with Gasteiger partial charge in [-0.1, -0.05) is 48.1 Å². The molecule has 0 saturated heterocycles. The number of rotatable bonds is 6. The summed E-state index contributed by atoms with van der Waals surface area (Å²) in [6.07, 6.45) is 4.03. The highest BCUT2D eigenvalue weighted by Gasteiger charge is 2.10. The van der Waals surface area contributed by atoms with Crippen LogP contribution in [-0.4, -0.2) is 25.9 Å². The summed E-state index contributed by atoms with van der Waals surface area (Å²) in [4.78, 5) is 8.73. The van der Waals surface area contributed by atoms with E-state index in [9.17, 15) is 0 Å². The highest BCUT2D eigenvalue weighted by Crippen LogP contribution is 2.35. The molecule has 0 fully saturated rings. The lowest BCUT2D eigenvalue weighted by molar-refractivity contribution is 0.892. The third-order valence-corrected chi connectivity index (χ3v) is 6.26. The van der Waals surface area contributed by atoms with Crippen molar-refractivity contribution >= 4 is 45.8 Å². The minimum atomic E-state index is 0.931. The van der Waals surface area contributed by atoms with Crippen LogP contribution in [0.25, 0.3) is 10.9 Å². The molecule has 0 aliphatic rings. The third-order valence-electron chi connectivity index (χ3n) is 3.05. The average molecular weight is 349 g/mol. The summed E-state index contributed by atoms with van der Waals surface area (Å²) in [6, 6.07) is 6.22. The molecular formula is C15H16N4S3. The van der Waals surface area contributed by atoms with Crippen LogP contribution in [0.4, 0.5) is 0 Å². The lowest BCUT2D eigenvalue weighted by atomic mass is 10.2. The number of fused-ring (bicyclic) bond motifs is 1. The fourth-order valence-electron chi connectivity index (χ4n) is 1.91. The van der Waals surface area contributed by atoms with Crippen LogP contribution in [0.15, 0.2) is 38.2 Å². The van der Waals surface area contributed by atoms with Crippen LogP contribution in [-0.2, 0) is 0 Å². The largest absolute Gasteiger partial charge is 0.236 e. The topological polar surface area (TPSA) is 51.6 Å². The van der Waals surface area contributed by atoms with Gasteiger partial charge >= 0.3 is 0 Å². The monoisotopic (exact) mass is 348 g/mol. The van der Waals surface area contributed by atoms with Crippen molar-refractivity contribution in [3.63, 3.8) is 0 Å². The van der Waals surface area contributed by atoms with Gasteiger partial charge < -0.3 is 0 Å². The number of benzene rings is 1. The van der Waals surface area contributed by atoms with Gasteiger partial charge in [-0.2, -0.15) is 0 Å². The summed E-state index contributed by atoms with van der Waals surface area (Å²) in [6.45, 7) is 4.28. The average Bonchev–Trinajstić information content (AvgIpc) is 2.96. The van der Waals surface area contributed by atoms with Crippen LogP contribution in [0, 0.1) is 6.92 Å². The lowest BCUT2D eigenvalue weighted by Gasteiger charge is -2.03. The van der Waals surface area contributed by atoms with Crippen molar-refractivity contribution in [1.82, 2.24) is 20.2 Å². The second kappa shape index (κ2) is 7.39. The maximum absolute atomic E-state index is 4.41. The molecule has 0 spiro atoms. The van der Waals surface area contributed by atoms with E-state index in [1.165, 1.54) is 18.4 Å². The Bertz CT molecular complexity index is 772. The smallest absolute Gasteiger partial charge is 0.181 e. The molecule has 0 unspecified atom stereocenters. The van der Waals surface area contributed by atoms with Crippen molar-refractivity contribution in [1.29, 1.82) is 0 Å². The first-order valence-electron chi connectivity index (χ1n) is 7.12. The standard InChI is InChI=1S/C15H16N4S3/c1-3-4-7-20-14-18-19-15(22-14)21-13-11-8-10(2)5-6-12(11)16-9-17-13/h5-6,8-9H,3-4,7H2,1-2H3. The zero-order valence-electron chi connectivity index (χ0n) is 12.4. The van der Waals surface area contributed by atoms with Crippen molar-refractivity contribution < 1.29 is 0 Å². The highest BCUT2D eigenvalue weighted by atomic mass is 32.2. The summed E-state index contributed by atoms with van der Waals surface area (Å²) >= 11 is 4.98. The van der Waals surface area contributed by atoms with E-state index in [4.69, 9.17) is 0 Å². The Hall–Kier alpha value is -1.18. The van der Waals surface area contributed by atoms with E-state index in [0.29, 0.717) is 0 Å². The van der Waals surface area contributed by atoms with Crippen LogP contribution >= 0.6 is 34.9 Å². The summed E-state index contributed by atoms with van der Waals surface area (Å²) < 4.78 is 1.96. The van der Waals surface area contributed by atoms with Gasteiger partial charge in [0.2, 0.25) is 0 Å². The van der Waals surface area contributed by atoms with Gasteiger partial charge in [0.25, 0.3) is 0 Å². The zero-order chi connectivity index (χ0) is 15.4. The first-order chi connectivity index (χ1) is 10.8. The molecule has 22 heavy (non-hydrogen) atoms. The van der Waals surface area contributed by atoms with Gasteiger partial charge in [0.05, 0.1) is 5.52 Å². The number of nitrogens with zero attached hydrogens (tertiary/aromatic N) is 4. The van der Waals surface area contributed by atoms with Gasteiger partial charge in [0.1, 0.15) is 11.4 Å². The van der Waals surface area contributed by atoms with E-state index < -0.39 is 0 Å². The molecule has 114 valence electrons. The van der Waals surface area contributed by atoms with E-state index in [0.717, 1.165) is 30.4 Å². The van der Waals surface area contributed by atoms with Crippen LogP contribution < -0.4 is 0 Å². The van der Waals surface area contributed by atoms with Gasteiger partial charge in [-0.25, -0.2) is 9.97 Å². The fraction of sp³-hybridized carbons (Fsp3) is 0.333. The number of thioether (sulfide) groups is 1. The number of unbranched alkanes of at least 4 members (excludes halogenated alkanes) is 1. The molecule has 0 radical (unpaired) electrons. The van der Waals surface area contributed by atoms with Crippen molar-refractivity contribution in [3.8, 4) is 0 Å². The maximum Gasteiger partial charge on any atom is 0.181 e. The van der Waals surface area contributed by atoms with E-state index in [1.807, 2.05) is 6.07 Å². The van der Waals surface area contributed by atoms with Crippen LogP contribution in [0.2, 0.25) is 0 Å². The third kappa shape index (κ3) is 3.77. The Morgan fingerprint density at radius 1 is 1.14 bits per heavy atom. The number of hydrogen-bond donors (Lipinski definition) is 0. The van der Waals surface area contributed by atoms with E-state index in [-0.39, 0.29) is 0 Å². The van der Waals surface area contributed by atoms with Crippen molar-refractivity contribution in [2.45, 2.75) is 40.4 Å². The first-order valence-corrected chi connectivity index (χ1v) is 9.73. The number of aromatic nitrogens is 4. The Balaban J connectivity index is 1.80. The van der Waals surface area contributed by atoms with Gasteiger partial charge in [0.15, 0.2) is 8.68 Å². The molecule has 0 saturated carbocycles. The summed E-state index contributed by atoms with van der Waals surface area (Å²) in [5.41, 5.74) is 2.17. The predicted molar refractivity (Wildman–Crippen MR) is 93.9 cm³/mol. The second-order valence-corrected chi connectivity index (χ2v) is 8.39. The van der Waals surface area contributed by atoms with Crippen molar-refractivity contribution in [3.05, 3.63) is 30.1 Å². The molecule has 0 N–H and O–H groups in total. The van der Waals surface area contributed by atoms with Gasteiger partial charge in [-0.15, -0.1) is 10.2 Å². The number of hydrogen-bond acceptors (Lipinski definition) is 7. The quantitative estimate of drug-likeness (QED) is 0.361. The van der Waals surface area contributed by atoms with Gasteiger partial charge in [-0.3, -0.25) is 0 Å². The normalized spacial score (nSPS) is 11.2. The number of aryl methyl sites for hydroxylation is 1. The molecule has 2 heterocycles. The first kappa shape index (κ1) is 15.7. The van der Waals surface area contributed by atoms with Gasteiger partial charge in [0, 0.05) is 11.1 Å². The molecule has 0 atom stereocenters. The predicted octanol–water partition coefficient (Wildman–Crippen LogP) is 4.83. The highest BCUT2D eigenvalue weighted by molar-refractivity contribution is 8.03. The summed E-state index contributed by atoms with van der Waals surface area (Å²) in [5, 5.41) is 10.5. The summed E-state index contributed by atoms with van der Waals surface area (Å²) in [5.74, 6) is 1.10. The Kier molecular flexibility index (Phi) is 5.28. The van der Waals surface area contributed by atoms with E-state index in [2.05, 4.69) is 46.1 Å². The lowest BCUT2D eigenvalue weighted by Crippen LogP contribution is -1.87. The Labute approximate surface area is 142 Å². The second-order valence-electron chi connectivity index (χ2n) is 4.84. The SMILES string of the molecule is CCCCSc1nnc(Sc2ncnc3ccc(C)cc23)s1. The van der Waals surface area contributed by atoms with E-state index >= 15 is 0 Å². The van der Waals surface area contributed by atoms with E-state index in [1.54, 1.807) is 41.2 Å². The maximum atomic E-state index is 4.41. The van der Waals surface area contributed by atoms with Crippen LogP contribution in [0.1, 0.15) is 25.3 Å². The molecule has 0 aliphatic heterocycles. The van der Waals surface area contributed by atoms with Crippen LogP contribution in [0.3, 0.4) is 0 Å². The van der Waals surface area contributed by atoms with Crippen molar-refractivity contribution in [2.24, 2.45) is 0 Å². The molecular weight excluding hydrogens is 332 g/mol. The van der Waals surface area contributed by atoms with Crippen LogP contribution in [0.5, 0.6) is 0 Å². The molecule has 0 aliphatic carbocycles. The van der Waals surface area contributed by atoms with Crippen molar-refractivity contribution in [2.75, 3.05) is 5.75 Å². The Morgan fingerprint density at radius 3 is 2.86 bits per heavy atom. The molecule has 2 aromatic heterocycles. The fourth-order valence-corrected chi connectivity index (χ4v) is 5.07. The molecule has 0 bridgehead atoms. The molecule has 3 aromatic rings. The molecule has 4 nitrogen and oxygen atoms in total.